The van der Waals surface area contributed by atoms with Crippen LogP contribution in [-0.4, -0.2) is 54.5 Å². The smallest absolute Gasteiger partial charge is 0.241 e. The van der Waals surface area contributed by atoms with Crippen molar-refractivity contribution in [2.24, 2.45) is 5.73 Å². The third kappa shape index (κ3) is 0.937. The number of carbonyl (C=O) groups excluding carboxylic acids is 1. The van der Waals surface area contributed by atoms with Gasteiger partial charge in [0.05, 0.1) is 6.04 Å². The SMILES string of the molecule is CN1CC(N2CC(N)C2=O)C1. The predicted octanol–water partition coefficient (Wildman–Crippen LogP) is -1.53. The van der Waals surface area contributed by atoms with Crippen LogP contribution in [0, 0.1) is 0 Å². The van der Waals surface area contributed by atoms with Crippen LogP contribution < -0.4 is 5.73 Å². The summed E-state index contributed by atoms with van der Waals surface area (Å²) in [5.41, 5.74) is 5.46. The number of likely N-dealkylation sites (tertiary alicyclic amines) is 2. The molecule has 2 fully saturated rings. The molecule has 2 rings (SSSR count). The maximum Gasteiger partial charge on any atom is 0.241 e. The maximum atomic E-state index is 11.1. The molecule has 2 aliphatic rings. The number of nitrogens with zero attached hydrogens (tertiary/aromatic N) is 2. The van der Waals surface area contributed by atoms with Crippen molar-refractivity contribution >= 4 is 5.91 Å². The third-order valence-corrected chi connectivity index (χ3v) is 2.48. The molecule has 0 spiro atoms. The van der Waals surface area contributed by atoms with Gasteiger partial charge in [-0.3, -0.25) is 4.79 Å². The minimum Gasteiger partial charge on any atom is -0.334 e. The van der Waals surface area contributed by atoms with Gasteiger partial charge >= 0.3 is 0 Å². The molecule has 0 radical (unpaired) electrons. The number of nitrogens with two attached hydrogens (primary N) is 1. The van der Waals surface area contributed by atoms with Crippen molar-refractivity contribution in [3.63, 3.8) is 0 Å². The lowest BCUT2D eigenvalue weighted by molar-refractivity contribution is -0.150. The van der Waals surface area contributed by atoms with Crippen LogP contribution in [0.4, 0.5) is 0 Å². The summed E-state index contributed by atoms with van der Waals surface area (Å²) in [5, 5.41) is 0. The van der Waals surface area contributed by atoms with E-state index in [1.807, 2.05) is 4.90 Å². The Morgan fingerprint density at radius 3 is 2.45 bits per heavy atom. The Morgan fingerprint density at radius 2 is 2.09 bits per heavy atom. The summed E-state index contributed by atoms with van der Waals surface area (Å²) < 4.78 is 0. The number of hydrogen-bond donors (Lipinski definition) is 1. The average Bonchev–Trinajstić information content (AvgIpc) is 1.94. The molecule has 4 nitrogen and oxygen atoms in total. The molecule has 11 heavy (non-hydrogen) atoms. The molecule has 2 saturated heterocycles. The second-order valence-electron chi connectivity index (χ2n) is 3.47. The highest BCUT2D eigenvalue weighted by molar-refractivity contribution is 5.88. The van der Waals surface area contributed by atoms with Crippen molar-refractivity contribution in [2.45, 2.75) is 12.1 Å². The lowest BCUT2D eigenvalue weighted by atomic mass is 10.0. The second kappa shape index (κ2) is 2.19. The molecule has 0 bridgehead atoms. The zero-order valence-corrected chi connectivity index (χ0v) is 6.66. The fourth-order valence-electron chi connectivity index (χ4n) is 1.67. The van der Waals surface area contributed by atoms with Crippen molar-refractivity contribution < 1.29 is 4.79 Å². The van der Waals surface area contributed by atoms with Gasteiger partial charge in [-0.25, -0.2) is 0 Å². The normalized spacial score (nSPS) is 33.5. The second-order valence-corrected chi connectivity index (χ2v) is 3.47. The van der Waals surface area contributed by atoms with Crippen LogP contribution >= 0.6 is 0 Å². The van der Waals surface area contributed by atoms with E-state index in [1.165, 1.54) is 0 Å². The first-order valence-corrected chi connectivity index (χ1v) is 3.93. The van der Waals surface area contributed by atoms with E-state index in [0.717, 1.165) is 19.6 Å². The zero-order valence-electron chi connectivity index (χ0n) is 6.66. The van der Waals surface area contributed by atoms with Gasteiger partial charge < -0.3 is 15.5 Å². The van der Waals surface area contributed by atoms with Gasteiger partial charge in [-0.15, -0.1) is 0 Å². The Kier molecular flexibility index (Phi) is 1.40. The van der Waals surface area contributed by atoms with Crippen molar-refractivity contribution in [3.05, 3.63) is 0 Å². The van der Waals surface area contributed by atoms with Crippen molar-refractivity contribution in [1.29, 1.82) is 0 Å². The first kappa shape index (κ1) is 7.06. The van der Waals surface area contributed by atoms with Crippen LogP contribution in [0.25, 0.3) is 0 Å². The van der Waals surface area contributed by atoms with E-state index in [1.54, 1.807) is 0 Å². The molecule has 2 N–H and O–H groups in total. The number of amides is 1. The van der Waals surface area contributed by atoms with Gasteiger partial charge in [0.15, 0.2) is 0 Å². The predicted molar refractivity (Wildman–Crippen MR) is 41.0 cm³/mol. The Bertz CT molecular complexity index is 188. The third-order valence-electron chi connectivity index (χ3n) is 2.48. The Morgan fingerprint density at radius 1 is 1.45 bits per heavy atom. The number of rotatable bonds is 1. The molecule has 62 valence electrons. The molecule has 0 saturated carbocycles. The molecule has 1 unspecified atom stereocenters. The van der Waals surface area contributed by atoms with Crippen LogP contribution in [0.2, 0.25) is 0 Å². The Balaban J connectivity index is 1.85. The van der Waals surface area contributed by atoms with Crippen LogP contribution in [0.3, 0.4) is 0 Å². The van der Waals surface area contributed by atoms with E-state index in [4.69, 9.17) is 5.73 Å². The van der Waals surface area contributed by atoms with E-state index in [2.05, 4.69) is 11.9 Å². The first-order chi connectivity index (χ1) is 5.18. The maximum absolute atomic E-state index is 11.1. The first-order valence-electron chi connectivity index (χ1n) is 3.93. The van der Waals surface area contributed by atoms with Crippen molar-refractivity contribution in [2.75, 3.05) is 26.7 Å². The van der Waals surface area contributed by atoms with E-state index >= 15 is 0 Å². The molecule has 0 aromatic rings. The zero-order chi connectivity index (χ0) is 8.01. The highest BCUT2D eigenvalue weighted by atomic mass is 16.2. The molecule has 0 aliphatic carbocycles. The number of β-lactam (4-membered cyclic amide) rings is 1. The van der Waals surface area contributed by atoms with Crippen LogP contribution in [0.1, 0.15) is 0 Å². The van der Waals surface area contributed by atoms with Gasteiger partial charge in [0.2, 0.25) is 5.91 Å². The average molecular weight is 155 g/mol. The van der Waals surface area contributed by atoms with E-state index in [9.17, 15) is 4.79 Å². The molecule has 1 amide bonds. The number of likely N-dealkylation sites (N-methyl/N-ethyl adjacent to an activating group) is 1. The fraction of sp³-hybridized carbons (Fsp3) is 0.857. The highest BCUT2D eigenvalue weighted by Crippen LogP contribution is 2.19. The highest BCUT2D eigenvalue weighted by Gasteiger charge is 2.42. The van der Waals surface area contributed by atoms with Crippen molar-refractivity contribution in [1.82, 2.24) is 9.80 Å². The summed E-state index contributed by atoms with van der Waals surface area (Å²) in [4.78, 5) is 15.2. The molecule has 1 atom stereocenters. The lowest BCUT2D eigenvalue weighted by Gasteiger charge is -2.49. The molecule has 2 heterocycles. The number of carbonyl (C=O) groups is 1. The molecular formula is C7H13N3O. The summed E-state index contributed by atoms with van der Waals surface area (Å²) in [6.45, 7) is 2.79. The minimum atomic E-state index is -0.207. The summed E-state index contributed by atoms with van der Waals surface area (Å²) in [6, 6.07) is 0.244. The largest absolute Gasteiger partial charge is 0.334 e. The number of hydrogen-bond acceptors (Lipinski definition) is 3. The Labute approximate surface area is 65.9 Å². The van der Waals surface area contributed by atoms with E-state index in [-0.39, 0.29) is 11.9 Å². The fourth-order valence-corrected chi connectivity index (χ4v) is 1.67. The van der Waals surface area contributed by atoms with Crippen LogP contribution in [0.15, 0.2) is 0 Å². The minimum absolute atomic E-state index is 0.128. The van der Waals surface area contributed by atoms with Crippen LogP contribution in [-0.2, 0) is 4.79 Å². The quantitative estimate of drug-likeness (QED) is 0.467. The molecule has 0 aromatic carbocycles. The lowest BCUT2D eigenvalue weighted by Crippen LogP contribution is -2.70. The van der Waals surface area contributed by atoms with Crippen molar-refractivity contribution in [3.8, 4) is 0 Å². The Hall–Kier alpha value is -0.610. The topological polar surface area (TPSA) is 49.6 Å². The van der Waals surface area contributed by atoms with E-state index in [0.29, 0.717) is 6.04 Å². The molecule has 4 heteroatoms. The summed E-state index contributed by atoms with van der Waals surface area (Å²) in [5.74, 6) is 0.128. The van der Waals surface area contributed by atoms with E-state index < -0.39 is 0 Å². The summed E-state index contributed by atoms with van der Waals surface area (Å²) >= 11 is 0. The van der Waals surface area contributed by atoms with Gasteiger partial charge in [0.25, 0.3) is 0 Å². The summed E-state index contributed by atoms with van der Waals surface area (Å²) in [6.07, 6.45) is 0. The van der Waals surface area contributed by atoms with Gasteiger partial charge in [0.1, 0.15) is 6.04 Å². The molecule has 2 aliphatic heterocycles. The standard InChI is InChI=1S/C7H13N3O/c1-9-2-5(3-9)10-4-6(8)7(10)11/h5-6H,2-4,8H2,1H3. The molecule has 0 aromatic heterocycles. The van der Waals surface area contributed by atoms with Gasteiger partial charge in [-0.05, 0) is 7.05 Å². The monoisotopic (exact) mass is 155 g/mol. The van der Waals surface area contributed by atoms with Gasteiger partial charge in [0, 0.05) is 19.6 Å². The van der Waals surface area contributed by atoms with Gasteiger partial charge in [-0.2, -0.15) is 0 Å². The van der Waals surface area contributed by atoms with Gasteiger partial charge in [-0.1, -0.05) is 0 Å². The molecular weight excluding hydrogens is 142 g/mol. The van der Waals surface area contributed by atoms with Crippen LogP contribution in [0.5, 0.6) is 0 Å². The summed E-state index contributed by atoms with van der Waals surface area (Å²) in [7, 11) is 2.06.